The second-order valence-corrected chi connectivity index (χ2v) is 10.8. The Kier molecular flexibility index (Phi) is 9.38. The van der Waals surface area contributed by atoms with Gasteiger partial charge in [-0.05, 0) is 19.9 Å². The largest absolute Gasteiger partial charge is 0.465 e. The molecule has 39 heavy (non-hydrogen) atoms. The fourth-order valence-electron chi connectivity index (χ4n) is 3.25. The van der Waals surface area contributed by atoms with Gasteiger partial charge in [0.05, 0.1) is 17.1 Å². The van der Waals surface area contributed by atoms with Crippen molar-refractivity contribution in [3.63, 3.8) is 0 Å². The molecule has 0 aliphatic heterocycles. The molecule has 0 saturated heterocycles. The topological polar surface area (TPSA) is 217 Å². The Labute approximate surface area is 224 Å². The summed E-state index contributed by atoms with van der Waals surface area (Å²) in [4.78, 5) is 62.3. The number of para-hydroxylation sites is 1. The van der Waals surface area contributed by atoms with Crippen molar-refractivity contribution < 1.29 is 27.7 Å². The highest BCUT2D eigenvalue weighted by Crippen LogP contribution is 2.32. The molecule has 0 spiro atoms. The molecule has 1 aromatic carbocycles. The van der Waals surface area contributed by atoms with Gasteiger partial charge in [0.15, 0.2) is 5.01 Å². The van der Waals surface area contributed by atoms with Crippen molar-refractivity contribution in [2.45, 2.75) is 24.7 Å². The third-order valence-corrected chi connectivity index (χ3v) is 7.90. The van der Waals surface area contributed by atoms with Gasteiger partial charge in [-0.25, -0.2) is 17.9 Å². The molecular formula is C21H23N7O9S2. The third-order valence-electron chi connectivity index (χ3n) is 5.11. The summed E-state index contributed by atoms with van der Waals surface area (Å²) < 4.78 is 33.1. The molecule has 16 nitrogen and oxygen atoms in total. The zero-order valence-electron chi connectivity index (χ0n) is 20.6. The smallest absolute Gasteiger partial charge is 0.328 e. The summed E-state index contributed by atoms with van der Waals surface area (Å²) in [6, 6.07) is 5.66. The van der Waals surface area contributed by atoms with E-state index in [1.807, 2.05) is 0 Å². The van der Waals surface area contributed by atoms with Crippen LogP contribution in [-0.4, -0.2) is 76.1 Å². The van der Waals surface area contributed by atoms with Gasteiger partial charge in [0.1, 0.15) is 13.1 Å². The van der Waals surface area contributed by atoms with E-state index < -0.39 is 55.5 Å². The van der Waals surface area contributed by atoms with E-state index in [-0.39, 0.29) is 41.5 Å². The number of hydrogen-bond donors (Lipinski definition) is 2. The number of amides is 1. The second-order valence-electron chi connectivity index (χ2n) is 7.86. The van der Waals surface area contributed by atoms with Crippen LogP contribution in [0.25, 0.3) is 10.6 Å². The maximum atomic E-state index is 12.9. The predicted octanol–water partition coefficient (Wildman–Crippen LogP) is -0.358. The van der Waals surface area contributed by atoms with Crippen LogP contribution in [0, 0.1) is 17.0 Å². The van der Waals surface area contributed by atoms with Gasteiger partial charge in [-0.2, -0.15) is 0 Å². The Balaban J connectivity index is 1.73. The van der Waals surface area contributed by atoms with E-state index in [0.29, 0.717) is 11.3 Å². The summed E-state index contributed by atoms with van der Waals surface area (Å²) in [6.07, 6.45) is 1.19. The molecule has 0 aliphatic rings. The molecule has 0 bridgehead atoms. The molecule has 0 fully saturated rings. The van der Waals surface area contributed by atoms with Crippen molar-refractivity contribution in [2.24, 2.45) is 0 Å². The van der Waals surface area contributed by atoms with E-state index in [1.165, 1.54) is 37.4 Å². The number of rotatable bonds is 12. The molecule has 3 aromatic rings. The van der Waals surface area contributed by atoms with E-state index in [9.17, 15) is 37.7 Å². The Morgan fingerprint density at radius 1 is 1.26 bits per heavy atom. The standard InChI is InChI=1S/C21H23N7O9S2/c1-3-37-17(30)12-26(16(29)11-27-10-13(2)18(31)23-20(27)32)9-8-22-39(35,36)21-25-24-19(38-21)14-6-4-5-7-15(14)28(33)34/h4-7,10,22H,3,8-9,11-12H2,1-2H3,(H,23,31,32). The first-order chi connectivity index (χ1) is 18.4. The minimum Gasteiger partial charge on any atom is -0.465 e. The lowest BCUT2D eigenvalue weighted by molar-refractivity contribution is -0.384. The van der Waals surface area contributed by atoms with Crippen molar-refractivity contribution in [3.8, 4) is 10.6 Å². The van der Waals surface area contributed by atoms with Crippen LogP contribution in [0.1, 0.15) is 12.5 Å². The Hall–Kier alpha value is -4.29. The number of nitro groups is 1. The van der Waals surface area contributed by atoms with Gasteiger partial charge in [-0.1, -0.05) is 23.5 Å². The minimum atomic E-state index is -4.24. The average molecular weight is 582 g/mol. The van der Waals surface area contributed by atoms with Crippen molar-refractivity contribution >= 4 is 38.9 Å². The zero-order chi connectivity index (χ0) is 28.7. The van der Waals surface area contributed by atoms with E-state index in [1.54, 1.807) is 6.92 Å². The van der Waals surface area contributed by atoms with Gasteiger partial charge in [-0.15, -0.1) is 10.2 Å². The molecule has 3 rings (SSSR count). The highest BCUT2D eigenvalue weighted by atomic mass is 32.2. The van der Waals surface area contributed by atoms with Gasteiger partial charge in [0.25, 0.3) is 21.3 Å². The second kappa shape index (κ2) is 12.5. The Morgan fingerprint density at radius 2 is 1.97 bits per heavy atom. The number of carbonyl (C=O) groups is 2. The monoisotopic (exact) mass is 581 g/mol. The molecule has 0 unspecified atom stereocenters. The van der Waals surface area contributed by atoms with E-state index in [0.717, 1.165) is 9.47 Å². The molecule has 0 saturated carbocycles. The number of nitro benzene ring substituents is 1. The highest BCUT2D eigenvalue weighted by molar-refractivity contribution is 7.91. The van der Waals surface area contributed by atoms with Gasteiger partial charge in [0.2, 0.25) is 10.2 Å². The summed E-state index contributed by atoms with van der Waals surface area (Å²) in [5.41, 5.74) is -1.43. The normalized spacial score (nSPS) is 11.2. The summed E-state index contributed by atoms with van der Waals surface area (Å²) in [5.74, 6) is -1.47. The first-order valence-corrected chi connectivity index (χ1v) is 13.5. The number of hydrogen-bond acceptors (Lipinski definition) is 12. The maximum absolute atomic E-state index is 12.9. The highest BCUT2D eigenvalue weighted by Gasteiger charge is 2.25. The maximum Gasteiger partial charge on any atom is 0.328 e. The van der Waals surface area contributed by atoms with Gasteiger partial charge in [0, 0.05) is 30.9 Å². The Morgan fingerprint density at radius 3 is 2.67 bits per heavy atom. The number of aryl methyl sites for hydroxylation is 1. The first-order valence-electron chi connectivity index (χ1n) is 11.2. The average Bonchev–Trinajstić information content (AvgIpc) is 3.38. The van der Waals surface area contributed by atoms with Crippen LogP contribution < -0.4 is 16.0 Å². The number of ether oxygens (including phenoxy) is 1. The van der Waals surface area contributed by atoms with Crippen molar-refractivity contribution in [1.29, 1.82) is 0 Å². The van der Waals surface area contributed by atoms with Crippen molar-refractivity contribution in [3.05, 3.63) is 67.0 Å². The molecule has 2 N–H and O–H groups in total. The number of aromatic nitrogens is 4. The van der Waals surface area contributed by atoms with Crippen LogP contribution in [0.5, 0.6) is 0 Å². The number of H-pyrrole nitrogens is 1. The quantitative estimate of drug-likeness (QED) is 0.160. The number of aromatic amines is 1. The number of carbonyl (C=O) groups excluding carboxylic acids is 2. The van der Waals surface area contributed by atoms with Crippen LogP contribution >= 0.6 is 11.3 Å². The molecule has 0 aliphatic carbocycles. The fourth-order valence-corrected chi connectivity index (χ4v) is 5.35. The summed E-state index contributed by atoms with van der Waals surface area (Å²) in [6.45, 7) is 1.37. The molecule has 1 amide bonds. The van der Waals surface area contributed by atoms with Gasteiger partial charge in [-0.3, -0.25) is 34.0 Å². The number of benzene rings is 1. The van der Waals surface area contributed by atoms with Gasteiger partial charge >= 0.3 is 11.7 Å². The lowest BCUT2D eigenvalue weighted by atomic mass is 10.2. The zero-order valence-corrected chi connectivity index (χ0v) is 22.3. The lowest BCUT2D eigenvalue weighted by Gasteiger charge is -2.22. The number of sulfonamides is 1. The van der Waals surface area contributed by atoms with E-state index in [4.69, 9.17) is 4.74 Å². The first kappa shape index (κ1) is 29.3. The molecule has 2 aromatic heterocycles. The predicted molar refractivity (Wildman–Crippen MR) is 136 cm³/mol. The molecule has 2 heterocycles. The lowest BCUT2D eigenvalue weighted by Crippen LogP contribution is -2.44. The van der Waals surface area contributed by atoms with E-state index >= 15 is 0 Å². The SMILES string of the molecule is CCOC(=O)CN(CCNS(=O)(=O)c1nnc(-c2ccccc2[N+](=O)[O-])s1)C(=O)Cn1cc(C)c(=O)[nH]c1=O. The Bertz CT molecular complexity index is 1610. The summed E-state index contributed by atoms with van der Waals surface area (Å²) in [7, 11) is -4.24. The molecule has 18 heteroatoms. The molecule has 208 valence electrons. The van der Waals surface area contributed by atoms with E-state index in [2.05, 4.69) is 19.9 Å². The molecular weight excluding hydrogens is 558 g/mol. The summed E-state index contributed by atoms with van der Waals surface area (Å²) >= 11 is 0.614. The van der Waals surface area contributed by atoms with Crippen LogP contribution in [0.2, 0.25) is 0 Å². The van der Waals surface area contributed by atoms with Crippen molar-refractivity contribution in [1.82, 2.24) is 29.4 Å². The molecule has 0 radical (unpaired) electrons. The number of nitrogens with one attached hydrogen (secondary N) is 2. The van der Waals surface area contributed by atoms with Crippen LogP contribution in [-0.2, 0) is 30.9 Å². The summed E-state index contributed by atoms with van der Waals surface area (Å²) in [5, 5.41) is 18.7. The third kappa shape index (κ3) is 7.39. The number of nitrogens with zero attached hydrogens (tertiary/aromatic N) is 5. The van der Waals surface area contributed by atoms with Gasteiger partial charge < -0.3 is 9.64 Å². The minimum absolute atomic E-state index is 0.0171. The fraction of sp³-hybridized carbons (Fsp3) is 0.333. The van der Waals surface area contributed by atoms with Crippen LogP contribution in [0.15, 0.2) is 44.4 Å². The van der Waals surface area contributed by atoms with Crippen LogP contribution in [0.4, 0.5) is 5.69 Å². The number of esters is 1. The molecule has 0 atom stereocenters. The van der Waals surface area contributed by atoms with Crippen LogP contribution in [0.3, 0.4) is 0 Å². The van der Waals surface area contributed by atoms with Crippen molar-refractivity contribution in [2.75, 3.05) is 26.2 Å².